The molecule has 0 saturated carbocycles. The first-order valence-electron chi connectivity index (χ1n) is 6.67. The van der Waals surface area contributed by atoms with Crippen LogP contribution in [0.25, 0.3) is 0 Å². The molecule has 1 unspecified atom stereocenters. The van der Waals surface area contributed by atoms with Gasteiger partial charge in [0.05, 0.1) is 0 Å². The summed E-state index contributed by atoms with van der Waals surface area (Å²) in [7, 11) is 0. The summed E-state index contributed by atoms with van der Waals surface area (Å²) in [6.07, 6.45) is -1.02. The van der Waals surface area contributed by atoms with Gasteiger partial charge in [0.25, 0.3) is 0 Å². The van der Waals surface area contributed by atoms with Gasteiger partial charge in [0, 0.05) is 12.6 Å². The van der Waals surface area contributed by atoms with Crippen LogP contribution in [0, 0.1) is 23.3 Å². The summed E-state index contributed by atoms with van der Waals surface area (Å²) in [6.45, 7) is -0.259. The smallest absolute Gasteiger partial charge is 0.186 e. The zero-order valence-corrected chi connectivity index (χ0v) is 11.8. The maximum atomic E-state index is 13.4. The molecule has 0 spiro atoms. The summed E-state index contributed by atoms with van der Waals surface area (Å²) in [5.74, 6) is -5.64. The largest absolute Gasteiger partial charge is 0.491 e. The predicted octanol–water partition coefficient (Wildman–Crippen LogP) is 2.60. The highest BCUT2D eigenvalue weighted by Crippen LogP contribution is 2.23. The van der Waals surface area contributed by atoms with Gasteiger partial charge in [0.2, 0.25) is 0 Å². The summed E-state index contributed by atoms with van der Waals surface area (Å²) in [4.78, 5) is 0. The molecule has 0 aromatic heterocycles. The van der Waals surface area contributed by atoms with Crippen molar-refractivity contribution in [3.8, 4) is 5.75 Å². The van der Waals surface area contributed by atoms with Crippen molar-refractivity contribution in [3.05, 3.63) is 59.7 Å². The Morgan fingerprint density at radius 1 is 1.00 bits per heavy atom. The van der Waals surface area contributed by atoms with Crippen LogP contribution in [-0.4, -0.2) is 24.4 Å². The van der Waals surface area contributed by atoms with Crippen molar-refractivity contribution in [2.45, 2.75) is 6.10 Å². The van der Waals surface area contributed by atoms with Gasteiger partial charge in [-0.25, -0.2) is 23.0 Å². The molecular weight excluding hydrogens is 316 g/mol. The highest BCUT2D eigenvalue weighted by atomic mass is 19.2. The molecule has 0 saturated heterocycles. The predicted molar refractivity (Wildman–Crippen MR) is 75.8 cm³/mol. The lowest BCUT2D eigenvalue weighted by atomic mass is 10.2. The minimum atomic E-state index is -1.56. The summed E-state index contributed by atoms with van der Waals surface area (Å²) >= 11 is 0. The Kier molecular flexibility index (Phi) is 5.78. The minimum Gasteiger partial charge on any atom is -0.491 e. The number of anilines is 1. The van der Waals surface area contributed by atoms with E-state index in [2.05, 4.69) is 5.43 Å². The SMILES string of the molecule is OC(CNNc1c(F)c(F)cc(F)c1F)COc1ccccc1. The molecule has 124 valence electrons. The quantitative estimate of drug-likeness (QED) is 0.415. The first-order chi connectivity index (χ1) is 11.0. The number of aliphatic hydroxyl groups excluding tert-OH is 1. The number of halogens is 4. The second kappa shape index (κ2) is 7.80. The van der Waals surface area contributed by atoms with E-state index in [0.717, 1.165) is 0 Å². The van der Waals surface area contributed by atoms with Crippen LogP contribution in [0.1, 0.15) is 0 Å². The molecule has 2 aromatic rings. The maximum Gasteiger partial charge on any atom is 0.186 e. The number of para-hydroxylation sites is 1. The number of nitrogens with one attached hydrogen (secondary N) is 2. The zero-order valence-electron chi connectivity index (χ0n) is 11.8. The number of hydrogen-bond acceptors (Lipinski definition) is 4. The van der Waals surface area contributed by atoms with E-state index in [4.69, 9.17) is 4.74 Å². The molecule has 23 heavy (non-hydrogen) atoms. The second-order valence-electron chi connectivity index (χ2n) is 4.63. The number of hydrazine groups is 1. The number of hydrogen-bond donors (Lipinski definition) is 3. The van der Waals surface area contributed by atoms with E-state index in [9.17, 15) is 22.7 Å². The fourth-order valence-corrected chi connectivity index (χ4v) is 1.71. The van der Waals surface area contributed by atoms with Crippen molar-refractivity contribution in [1.82, 2.24) is 5.43 Å². The van der Waals surface area contributed by atoms with Crippen molar-refractivity contribution in [2.75, 3.05) is 18.6 Å². The Labute approximate surface area is 129 Å². The second-order valence-corrected chi connectivity index (χ2v) is 4.63. The first kappa shape index (κ1) is 17.0. The molecule has 0 heterocycles. The molecule has 2 aromatic carbocycles. The van der Waals surface area contributed by atoms with Gasteiger partial charge in [-0.15, -0.1) is 0 Å². The van der Waals surface area contributed by atoms with E-state index < -0.39 is 35.1 Å². The molecule has 0 aliphatic carbocycles. The molecule has 8 heteroatoms. The van der Waals surface area contributed by atoms with Gasteiger partial charge in [-0.2, -0.15) is 0 Å². The summed E-state index contributed by atoms with van der Waals surface area (Å²) in [5.41, 5.74) is 3.28. The lowest BCUT2D eigenvalue weighted by molar-refractivity contribution is 0.108. The van der Waals surface area contributed by atoms with Crippen LogP contribution in [0.5, 0.6) is 5.75 Å². The van der Waals surface area contributed by atoms with E-state index in [1.54, 1.807) is 30.3 Å². The van der Waals surface area contributed by atoms with Gasteiger partial charge >= 0.3 is 0 Å². The molecule has 0 fully saturated rings. The van der Waals surface area contributed by atoms with Crippen molar-refractivity contribution in [1.29, 1.82) is 0 Å². The monoisotopic (exact) mass is 330 g/mol. The first-order valence-corrected chi connectivity index (χ1v) is 6.67. The molecule has 0 bridgehead atoms. The lowest BCUT2D eigenvalue weighted by Crippen LogP contribution is -2.35. The van der Waals surface area contributed by atoms with E-state index in [0.29, 0.717) is 5.75 Å². The molecule has 0 aliphatic heterocycles. The molecule has 0 radical (unpaired) electrons. The highest BCUT2D eigenvalue weighted by molar-refractivity contribution is 5.46. The maximum absolute atomic E-state index is 13.4. The van der Waals surface area contributed by atoms with Gasteiger partial charge in [0.15, 0.2) is 23.3 Å². The molecule has 3 N–H and O–H groups in total. The Morgan fingerprint density at radius 2 is 1.61 bits per heavy atom. The molecule has 0 amide bonds. The zero-order chi connectivity index (χ0) is 16.8. The Bertz CT molecular complexity index is 629. The normalized spacial score (nSPS) is 12.0. The standard InChI is InChI=1S/C15H14F4N2O2/c16-11-6-12(17)14(19)15(13(11)18)21-20-7-9(22)8-23-10-4-2-1-3-5-10/h1-6,9,20-22H,7-8H2. The van der Waals surface area contributed by atoms with E-state index in [1.807, 2.05) is 5.43 Å². The number of ether oxygens (including phenoxy) is 1. The Hall–Kier alpha value is -2.32. The topological polar surface area (TPSA) is 53.5 Å². The number of aliphatic hydroxyl groups is 1. The van der Waals surface area contributed by atoms with Gasteiger partial charge in [-0.1, -0.05) is 18.2 Å². The van der Waals surface area contributed by atoms with Crippen LogP contribution in [0.4, 0.5) is 23.2 Å². The third-order valence-corrected chi connectivity index (χ3v) is 2.85. The van der Waals surface area contributed by atoms with Crippen LogP contribution < -0.4 is 15.6 Å². The van der Waals surface area contributed by atoms with Crippen LogP contribution >= 0.6 is 0 Å². The third-order valence-electron chi connectivity index (χ3n) is 2.85. The number of benzene rings is 2. The molecule has 4 nitrogen and oxygen atoms in total. The van der Waals surface area contributed by atoms with Crippen molar-refractivity contribution in [3.63, 3.8) is 0 Å². The van der Waals surface area contributed by atoms with Crippen molar-refractivity contribution >= 4 is 5.69 Å². The average molecular weight is 330 g/mol. The van der Waals surface area contributed by atoms with Gasteiger partial charge < -0.3 is 15.3 Å². The average Bonchev–Trinajstić information content (AvgIpc) is 2.55. The van der Waals surface area contributed by atoms with Gasteiger partial charge in [-0.3, -0.25) is 0 Å². The highest BCUT2D eigenvalue weighted by Gasteiger charge is 2.19. The fourth-order valence-electron chi connectivity index (χ4n) is 1.71. The Balaban J connectivity index is 1.83. The lowest BCUT2D eigenvalue weighted by Gasteiger charge is -2.15. The summed E-state index contributed by atoms with van der Waals surface area (Å²) < 4.78 is 58.0. The van der Waals surface area contributed by atoms with Crippen LogP contribution in [0.15, 0.2) is 36.4 Å². The molecule has 1 atom stereocenters. The fraction of sp³-hybridized carbons (Fsp3) is 0.200. The summed E-state index contributed by atoms with van der Waals surface area (Å²) in [6, 6.07) is 8.81. The number of rotatable bonds is 7. The van der Waals surface area contributed by atoms with Crippen LogP contribution in [-0.2, 0) is 0 Å². The van der Waals surface area contributed by atoms with E-state index in [1.165, 1.54) is 0 Å². The van der Waals surface area contributed by atoms with Crippen molar-refractivity contribution in [2.24, 2.45) is 0 Å². The minimum absolute atomic E-state index is 0.0822. The Morgan fingerprint density at radius 3 is 2.22 bits per heavy atom. The molecule has 0 aliphatic rings. The van der Waals surface area contributed by atoms with Gasteiger partial charge in [-0.05, 0) is 12.1 Å². The van der Waals surface area contributed by atoms with Crippen LogP contribution in [0.3, 0.4) is 0 Å². The summed E-state index contributed by atoms with van der Waals surface area (Å²) in [5, 5.41) is 9.67. The van der Waals surface area contributed by atoms with E-state index >= 15 is 0 Å². The van der Waals surface area contributed by atoms with Crippen LogP contribution in [0.2, 0.25) is 0 Å². The van der Waals surface area contributed by atoms with Gasteiger partial charge in [0.1, 0.15) is 24.1 Å². The van der Waals surface area contributed by atoms with Crippen molar-refractivity contribution < 1.29 is 27.4 Å². The van der Waals surface area contributed by atoms with E-state index in [-0.39, 0.29) is 19.2 Å². The molecule has 2 rings (SSSR count). The third kappa shape index (κ3) is 4.57. The molecular formula is C15H14F4N2O2.